The van der Waals surface area contributed by atoms with Crippen LogP contribution in [0.25, 0.3) is 65.7 Å². The van der Waals surface area contributed by atoms with Gasteiger partial charge in [0.25, 0.3) is 0 Å². The van der Waals surface area contributed by atoms with Gasteiger partial charge in [0.2, 0.25) is 0 Å². The quantitative estimate of drug-likeness (QED) is 0.166. The fraction of sp³-hybridized carbons (Fsp3) is 0.182. The van der Waals surface area contributed by atoms with Crippen molar-refractivity contribution in [3.63, 3.8) is 0 Å². The van der Waals surface area contributed by atoms with E-state index < -0.39 is 11.8 Å². The number of hydrogen-bond acceptors (Lipinski definition) is 4. The summed E-state index contributed by atoms with van der Waals surface area (Å²) in [6.07, 6.45) is 2.09. The van der Waals surface area contributed by atoms with Crippen molar-refractivity contribution in [2.45, 2.75) is 47.9 Å². The van der Waals surface area contributed by atoms with Gasteiger partial charge in [-0.2, -0.15) is 0 Å². The van der Waals surface area contributed by atoms with Crippen molar-refractivity contribution in [2.75, 3.05) is 0 Å². The topological polar surface area (TPSA) is 38.9 Å². The van der Waals surface area contributed by atoms with E-state index in [0.717, 1.165) is 65.7 Å². The summed E-state index contributed by atoms with van der Waals surface area (Å²) in [5, 5.41) is 5.33. The Kier molecular flexibility index (Phi) is 9.23. The molecule has 0 amide bonds. The summed E-state index contributed by atoms with van der Waals surface area (Å²) in [6.45, 7) is 12.0. The number of thiophene rings is 1. The smallest absolute Gasteiger partial charge is 0.138 e. The largest absolute Gasteiger partial charge is 0.499 e. The van der Waals surface area contributed by atoms with Gasteiger partial charge in [-0.25, -0.2) is 0 Å². The van der Waals surface area contributed by atoms with E-state index in [1.165, 1.54) is 10.9 Å². The minimum atomic E-state index is -1.61. The van der Waals surface area contributed by atoms with Crippen LogP contribution in [-0.4, -0.2) is 9.97 Å². The Balaban J connectivity index is 0.000000269. The van der Waals surface area contributed by atoms with Gasteiger partial charge in [0, 0.05) is 46.2 Å². The van der Waals surface area contributed by atoms with E-state index in [1.807, 2.05) is 94.7 Å². The zero-order valence-corrected chi connectivity index (χ0v) is 31.6. The Bertz CT molecular complexity index is 2460. The van der Waals surface area contributed by atoms with E-state index in [0.29, 0.717) is 11.3 Å². The number of fused-ring (bicyclic) bond motifs is 5. The monoisotopic (exact) mass is 837 g/mol. The van der Waals surface area contributed by atoms with Gasteiger partial charge in [0.05, 0.1) is 10.3 Å². The summed E-state index contributed by atoms with van der Waals surface area (Å²) >= 11 is 1.68. The molecule has 4 aromatic heterocycles. The van der Waals surface area contributed by atoms with Gasteiger partial charge in [-0.3, -0.25) is 0 Å². The van der Waals surface area contributed by atoms with Gasteiger partial charge in [0.1, 0.15) is 5.58 Å². The SMILES string of the molecule is Cc1ccc(-c2[c-]cccc2)nc1.[2H]C([2H])(c1cc(-c2[c-]ccc3c2oc2c3ccc3ccsc32)ncc1-c1c(C)cccc1C)C(C)(C)C.[Ir]. The van der Waals surface area contributed by atoms with Crippen LogP contribution in [0, 0.1) is 38.3 Å². The number of hydrogen-bond donors (Lipinski definition) is 0. The Morgan fingerprint density at radius 2 is 1.55 bits per heavy atom. The number of nitrogens with zero attached hydrogens (tertiary/aromatic N) is 2. The van der Waals surface area contributed by atoms with E-state index in [9.17, 15) is 2.74 Å². The maximum Gasteiger partial charge on any atom is 0.138 e. The van der Waals surface area contributed by atoms with Gasteiger partial charge < -0.3 is 14.4 Å². The van der Waals surface area contributed by atoms with E-state index in [2.05, 4.69) is 72.7 Å². The third-order valence-corrected chi connectivity index (χ3v) is 9.27. The standard InChI is InChI=1S/C32H28NOS.C12H10N.Ir/c1-19-8-6-9-20(2)28(19)26-18-33-27(16-22(26)17-32(3,4)5)25-11-7-10-23-24-13-12-21-14-15-35-31(21)30(24)34-29(23)25;1-10-7-8-12(13-9-10)11-5-3-2-4-6-11;/h6-10,12-16,18H,17H2,1-5H3;2-5,7-9H,1H3;/q2*-1;/i17D2;;. The molecule has 8 rings (SSSR count). The molecule has 0 aliphatic heterocycles. The second kappa shape index (κ2) is 14.2. The van der Waals surface area contributed by atoms with Crippen LogP contribution in [0.2, 0.25) is 0 Å². The summed E-state index contributed by atoms with van der Waals surface area (Å²) < 4.78 is 26.1. The molecule has 0 bridgehead atoms. The van der Waals surface area contributed by atoms with E-state index >= 15 is 0 Å². The minimum absolute atomic E-state index is 0. The van der Waals surface area contributed by atoms with Crippen molar-refractivity contribution in [3.8, 4) is 33.6 Å². The molecule has 8 aromatic rings. The molecule has 0 unspecified atom stereocenters. The first-order valence-electron chi connectivity index (χ1n) is 17.1. The fourth-order valence-electron chi connectivity index (χ4n) is 6.13. The minimum Gasteiger partial charge on any atom is -0.499 e. The van der Waals surface area contributed by atoms with Crippen LogP contribution >= 0.6 is 11.3 Å². The van der Waals surface area contributed by atoms with E-state index in [4.69, 9.17) is 9.40 Å². The Hall–Kier alpha value is -4.41. The summed E-state index contributed by atoms with van der Waals surface area (Å²) in [5.74, 6) is 0. The van der Waals surface area contributed by atoms with E-state index in [-0.39, 0.29) is 20.1 Å². The third-order valence-electron chi connectivity index (χ3n) is 8.34. The Morgan fingerprint density at radius 1 is 0.776 bits per heavy atom. The molecular weight excluding hydrogens is 797 g/mol. The first-order chi connectivity index (χ1) is 23.9. The number of benzene rings is 4. The van der Waals surface area contributed by atoms with Crippen molar-refractivity contribution in [3.05, 3.63) is 143 Å². The summed E-state index contributed by atoms with van der Waals surface area (Å²) in [6, 6.07) is 36.8. The van der Waals surface area contributed by atoms with Crippen LogP contribution in [0.15, 0.2) is 113 Å². The molecule has 3 nitrogen and oxygen atoms in total. The molecular formula is C44H38IrN2OS-2. The molecule has 49 heavy (non-hydrogen) atoms. The molecule has 1 radical (unpaired) electrons. The molecule has 0 saturated heterocycles. The molecule has 0 saturated carbocycles. The predicted molar refractivity (Wildman–Crippen MR) is 202 cm³/mol. The molecule has 0 atom stereocenters. The van der Waals surface area contributed by atoms with Crippen molar-refractivity contribution in [1.82, 2.24) is 9.97 Å². The first kappa shape index (κ1) is 31.8. The number of aryl methyl sites for hydroxylation is 3. The maximum atomic E-state index is 9.24. The van der Waals surface area contributed by atoms with Gasteiger partial charge in [-0.15, -0.1) is 65.4 Å². The number of furan rings is 1. The van der Waals surface area contributed by atoms with Crippen LogP contribution in [0.1, 0.15) is 45.8 Å². The Morgan fingerprint density at radius 3 is 2.27 bits per heavy atom. The van der Waals surface area contributed by atoms with Crippen molar-refractivity contribution in [2.24, 2.45) is 5.41 Å². The average Bonchev–Trinajstić information content (AvgIpc) is 3.74. The Labute approximate surface area is 309 Å². The number of rotatable bonds is 4. The van der Waals surface area contributed by atoms with Crippen molar-refractivity contribution >= 4 is 43.4 Å². The van der Waals surface area contributed by atoms with E-state index in [1.54, 1.807) is 11.3 Å². The normalized spacial score (nSPS) is 12.3. The van der Waals surface area contributed by atoms with Crippen LogP contribution in [0.5, 0.6) is 0 Å². The van der Waals surface area contributed by atoms with Gasteiger partial charge in [-0.1, -0.05) is 80.3 Å². The molecule has 5 heteroatoms. The maximum absolute atomic E-state index is 9.24. The molecule has 0 fully saturated rings. The predicted octanol–water partition coefficient (Wildman–Crippen LogP) is 12.4. The molecule has 4 aromatic carbocycles. The molecule has 0 aliphatic carbocycles. The second-order valence-corrected chi connectivity index (χ2v) is 14.1. The number of pyridine rings is 2. The second-order valence-electron chi connectivity index (χ2n) is 13.2. The van der Waals surface area contributed by atoms with Crippen molar-refractivity contribution < 1.29 is 27.3 Å². The van der Waals surface area contributed by atoms with Gasteiger partial charge in [0.15, 0.2) is 0 Å². The average molecular weight is 837 g/mol. The van der Waals surface area contributed by atoms with Crippen LogP contribution in [0.3, 0.4) is 0 Å². The van der Waals surface area contributed by atoms with Crippen LogP contribution < -0.4 is 0 Å². The summed E-state index contributed by atoms with van der Waals surface area (Å²) in [5.41, 5.74) is 10.3. The molecule has 247 valence electrons. The van der Waals surface area contributed by atoms with Crippen LogP contribution in [0.4, 0.5) is 0 Å². The third kappa shape index (κ3) is 7.16. The molecule has 0 N–H and O–H groups in total. The first-order valence-corrected chi connectivity index (χ1v) is 17.0. The molecule has 0 aliphatic rings. The van der Waals surface area contributed by atoms with Crippen molar-refractivity contribution in [1.29, 1.82) is 0 Å². The zero-order valence-electron chi connectivity index (χ0n) is 30.4. The molecule has 0 spiro atoms. The van der Waals surface area contributed by atoms with Crippen LogP contribution in [-0.2, 0) is 26.5 Å². The summed E-state index contributed by atoms with van der Waals surface area (Å²) in [4.78, 5) is 9.20. The van der Waals surface area contributed by atoms with Gasteiger partial charge in [-0.05, 0) is 88.6 Å². The fourth-order valence-corrected chi connectivity index (χ4v) is 7.01. The van der Waals surface area contributed by atoms with Gasteiger partial charge >= 0.3 is 0 Å². The summed E-state index contributed by atoms with van der Waals surface area (Å²) in [7, 11) is 0. The number of aromatic nitrogens is 2. The zero-order chi connectivity index (χ0) is 35.2. The molecule has 4 heterocycles.